The maximum absolute atomic E-state index is 12.2. The number of aryl methyl sites for hydroxylation is 4. The number of hydrogen-bond donors (Lipinski definition) is 2. The van der Waals surface area contributed by atoms with E-state index in [0.29, 0.717) is 17.1 Å². The number of ether oxygens (including phenoxy) is 2. The van der Waals surface area contributed by atoms with Crippen molar-refractivity contribution >= 4 is 45.1 Å². The Balaban J connectivity index is 1.39. The molecule has 0 saturated carbocycles. The third kappa shape index (κ3) is 7.95. The van der Waals surface area contributed by atoms with E-state index in [1.165, 1.54) is 5.56 Å². The van der Waals surface area contributed by atoms with Crippen LogP contribution in [0.25, 0.3) is 0 Å². The van der Waals surface area contributed by atoms with Crippen LogP contribution in [0.1, 0.15) is 35.1 Å². The van der Waals surface area contributed by atoms with Crippen LogP contribution >= 0.6 is 15.9 Å². The smallest absolute Gasteiger partial charge is 0.306 e. The predicted octanol–water partition coefficient (Wildman–Crippen LogP) is 6.38. The molecule has 7 nitrogen and oxygen atoms in total. The van der Waals surface area contributed by atoms with E-state index in [1.54, 1.807) is 24.3 Å². The molecule has 0 spiro atoms. The SMILES string of the molecule is Cc1ccc(Oc2ccc(NC(=O)CCC(=O)OCC(=O)Nc3cc(C)c(Br)cc3C)cc2)cc1C. The molecular formula is C28H29BrN2O5. The normalized spacial score (nSPS) is 10.5. The van der Waals surface area contributed by atoms with E-state index in [9.17, 15) is 14.4 Å². The topological polar surface area (TPSA) is 93.7 Å². The van der Waals surface area contributed by atoms with Crippen molar-refractivity contribution < 1.29 is 23.9 Å². The molecule has 3 aromatic rings. The molecule has 188 valence electrons. The number of rotatable bonds is 9. The quantitative estimate of drug-likeness (QED) is 0.300. The fourth-order valence-corrected chi connectivity index (χ4v) is 3.74. The summed E-state index contributed by atoms with van der Waals surface area (Å²) in [5.41, 5.74) is 5.43. The van der Waals surface area contributed by atoms with Gasteiger partial charge in [0.15, 0.2) is 6.61 Å². The predicted molar refractivity (Wildman–Crippen MR) is 144 cm³/mol. The maximum Gasteiger partial charge on any atom is 0.306 e. The van der Waals surface area contributed by atoms with Crippen LogP contribution in [0.3, 0.4) is 0 Å². The van der Waals surface area contributed by atoms with Gasteiger partial charge in [-0.25, -0.2) is 0 Å². The third-order valence-electron chi connectivity index (χ3n) is 5.55. The first-order valence-electron chi connectivity index (χ1n) is 11.5. The van der Waals surface area contributed by atoms with Crippen molar-refractivity contribution in [3.63, 3.8) is 0 Å². The number of nitrogens with one attached hydrogen (secondary N) is 2. The Hall–Kier alpha value is -3.65. The van der Waals surface area contributed by atoms with Crippen molar-refractivity contribution in [3.8, 4) is 11.5 Å². The summed E-state index contributed by atoms with van der Waals surface area (Å²) in [5.74, 6) is -0.0159. The van der Waals surface area contributed by atoms with Crippen molar-refractivity contribution in [1.82, 2.24) is 0 Å². The molecule has 0 unspecified atom stereocenters. The highest BCUT2D eigenvalue weighted by molar-refractivity contribution is 9.10. The first-order valence-corrected chi connectivity index (χ1v) is 12.3. The number of hydrogen-bond acceptors (Lipinski definition) is 5. The van der Waals surface area contributed by atoms with E-state index in [-0.39, 0.29) is 18.7 Å². The minimum Gasteiger partial charge on any atom is -0.457 e. The standard InChI is InChI=1S/C28H29BrN2O5/c1-17-5-8-23(13-18(17)2)36-22-9-6-21(7-10-22)30-26(32)11-12-28(34)35-16-27(33)31-25-15-19(3)24(29)14-20(25)4/h5-10,13-15H,11-12,16H2,1-4H3,(H,30,32)(H,31,33). The molecule has 0 aromatic heterocycles. The van der Waals surface area contributed by atoms with Gasteiger partial charge in [-0.15, -0.1) is 0 Å². The molecule has 0 atom stereocenters. The average Bonchev–Trinajstić information content (AvgIpc) is 2.83. The highest BCUT2D eigenvalue weighted by atomic mass is 79.9. The van der Waals surface area contributed by atoms with Crippen LogP contribution < -0.4 is 15.4 Å². The molecule has 0 bridgehead atoms. The van der Waals surface area contributed by atoms with Gasteiger partial charge in [-0.1, -0.05) is 22.0 Å². The minimum absolute atomic E-state index is 0.0631. The molecule has 0 aliphatic heterocycles. The zero-order chi connectivity index (χ0) is 26.2. The van der Waals surface area contributed by atoms with Gasteiger partial charge in [0.2, 0.25) is 5.91 Å². The molecule has 2 amide bonds. The number of anilines is 2. The van der Waals surface area contributed by atoms with E-state index in [0.717, 1.165) is 26.9 Å². The van der Waals surface area contributed by atoms with Crippen molar-refractivity contribution in [2.24, 2.45) is 0 Å². The van der Waals surface area contributed by atoms with Crippen molar-refractivity contribution in [2.45, 2.75) is 40.5 Å². The molecule has 2 N–H and O–H groups in total. The molecule has 0 radical (unpaired) electrons. The van der Waals surface area contributed by atoms with E-state index in [2.05, 4.69) is 26.6 Å². The number of carbonyl (C=O) groups is 3. The minimum atomic E-state index is -0.624. The monoisotopic (exact) mass is 552 g/mol. The number of halogens is 1. The Morgan fingerprint density at radius 2 is 1.42 bits per heavy atom. The molecule has 0 aliphatic rings. The molecule has 36 heavy (non-hydrogen) atoms. The van der Waals surface area contributed by atoms with Crippen LogP contribution in [0.2, 0.25) is 0 Å². The zero-order valence-corrected chi connectivity index (χ0v) is 22.3. The van der Waals surface area contributed by atoms with Crippen LogP contribution in [-0.2, 0) is 19.1 Å². The lowest BCUT2D eigenvalue weighted by Crippen LogP contribution is -2.22. The first-order chi connectivity index (χ1) is 17.1. The lowest BCUT2D eigenvalue weighted by Gasteiger charge is -2.11. The fourth-order valence-electron chi connectivity index (χ4n) is 3.28. The number of carbonyl (C=O) groups excluding carboxylic acids is 3. The summed E-state index contributed by atoms with van der Waals surface area (Å²) >= 11 is 3.44. The fraction of sp³-hybridized carbons (Fsp3) is 0.250. The largest absolute Gasteiger partial charge is 0.457 e. The Kier molecular flexibility index (Phi) is 9.25. The molecule has 0 heterocycles. The van der Waals surface area contributed by atoms with Gasteiger partial charge in [0.25, 0.3) is 5.91 Å². The summed E-state index contributed by atoms with van der Waals surface area (Å²) in [6, 6.07) is 16.6. The lowest BCUT2D eigenvalue weighted by molar-refractivity contribution is -0.147. The Labute approximate surface area is 219 Å². The number of amides is 2. The van der Waals surface area contributed by atoms with Crippen LogP contribution in [0, 0.1) is 27.7 Å². The second-order valence-electron chi connectivity index (χ2n) is 8.55. The Morgan fingerprint density at radius 3 is 2.11 bits per heavy atom. The highest BCUT2D eigenvalue weighted by Crippen LogP contribution is 2.26. The summed E-state index contributed by atoms with van der Waals surface area (Å²) < 4.78 is 11.8. The second kappa shape index (κ2) is 12.4. The van der Waals surface area contributed by atoms with Crippen LogP contribution in [0.5, 0.6) is 11.5 Å². The van der Waals surface area contributed by atoms with Gasteiger partial charge in [-0.2, -0.15) is 0 Å². The van der Waals surface area contributed by atoms with Crippen molar-refractivity contribution in [2.75, 3.05) is 17.2 Å². The molecule has 3 rings (SSSR count). The maximum atomic E-state index is 12.2. The van der Waals surface area contributed by atoms with Gasteiger partial charge in [-0.3, -0.25) is 14.4 Å². The molecule has 3 aromatic carbocycles. The summed E-state index contributed by atoms with van der Waals surface area (Å²) in [5, 5.41) is 5.46. The molecule has 0 saturated heterocycles. The van der Waals surface area contributed by atoms with Crippen LogP contribution in [0.4, 0.5) is 11.4 Å². The first kappa shape index (κ1) is 26.9. The van der Waals surface area contributed by atoms with Gasteiger partial charge >= 0.3 is 5.97 Å². The lowest BCUT2D eigenvalue weighted by atomic mass is 10.1. The number of benzene rings is 3. The van der Waals surface area contributed by atoms with Gasteiger partial charge in [-0.05, 0) is 98.5 Å². The summed E-state index contributed by atoms with van der Waals surface area (Å²) in [6.07, 6.45) is -0.199. The summed E-state index contributed by atoms with van der Waals surface area (Å²) in [7, 11) is 0. The second-order valence-corrected chi connectivity index (χ2v) is 9.40. The molecule has 0 fully saturated rings. The van der Waals surface area contributed by atoms with E-state index in [4.69, 9.17) is 9.47 Å². The van der Waals surface area contributed by atoms with E-state index < -0.39 is 18.5 Å². The zero-order valence-electron chi connectivity index (χ0n) is 20.7. The van der Waals surface area contributed by atoms with Gasteiger partial charge in [0.1, 0.15) is 11.5 Å². The van der Waals surface area contributed by atoms with Crippen molar-refractivity contribution in [3.05, 3.63) is 81.3 Å². The summed E-state index contributed by atoms with van der Waals surface area (Å²) in [6.45, 7) is 7.43. The van der Waals surface area contributed by atoms with Gasteiger partial charge in [0.05, 0.1) is 6.42 Å². The van der Waals surface area contributed by atoms with Gasteiger partial charge < -0.3 is 20.1 Å². The molecule has 8 heteroatoms. The highest BCUT2D eigenvalue weighted by Gasteiger charge is 2.12. The molecular weight excluding hydrogens is 524 g/mol. The Bertz CT molecular complexity index is 1270. The van der Waals surface area contributed by atoms with E-state index in [1.807, 2.05) is 58.0 Å². The Morgan fingerprint density at radius 1 is 0.722 bits per heavy atom. The molecule has 0 aliphatic carbocycles. The van der Waals surface area contributed by atoms with Crippen molar-refractivity contribution in [1.29, 1.82) is 0 Å². The summed E-state index contributed by atoms with van der Waals surface area (Å²) in [4.78, 5) is 36.3. The van der Waals surface area contributed by atoms with E-state index >= 15 is 0 Å². The number of esters is 1. The van der Waals surface area contributed by atoms with Crippen LogP contribution in [-0.4, -0.2) is 24.4 Å². The van der Waals surface area contributed by atoms with Crippen LogP contribution in [0.15, 0.2) is 59.1 Å². The average molecular weight is 553 g/mol. The van der Waals surface area contributed by atoms with Gasteiger partial charge in [0, 0.05) is 22.3 Å². The third-order valence-corrected chi connectivity index (χ3v) is 6.41.